The van der Waals surface area contributed by atoms with Crippen LogP contribution in [0.3, 0.4) is 0 Å². The molecule has 0 N–H and O–H groups in total. The zero-order valence-corrected chi connectivity index (χ0v) is 27.5. The summed E-state index contributed by atoms with van der Waals surface area (Å²) in [5.41, 5.74) is 10.6. The van der Waals surface area contributed by atoms with Crippen molar-refractivity contribution in [3.63, 3.8) is 0 Å². The van der Waals surface area contributed by atoms with Crippen LogP contribution in [0.2, 0.25) is 0 Å². The normalized spacial score (nSPS) is 11.9. The van der Waals surface area contributed by atoms with Crippen LogP contribution in [0, 0.1) is 0 Å². The molecule has 1 aromatic heterocycles. The lowest BCUT2D eigenvalue weighted by atomic mass is 9.77. The Kier molecular flexibility index (Phi) is 8.76. The molecule has 0 saturated heterocycles. The SMILES string of the molecule is CCOOCCOCOc1cccc(-c2c(-c3ccccc3)c3c(c(-c4ccccc4)c2-c2ccccc2)-c2nc4ccccc4n2C3=O)c1. The van der Waals surface area contributed by atoms with Gasteiger partial charge in [-0.05, 0) is 64.6 Å². The van der Waals surface area contributed by atoms with E-state index >= 15 is 0 Å². The molecule has 6 aromatic carbocycles. The summed E-state index contributed by atoms with van der Waals surface area (Å²) in [6.45, 7) is 3.00. The molecule has 8 rings (SSSR count). The number of nitrogens with zero attached hydrogens (tertiary/aromatic N) is 2. The van der Waals surface area contributed by atoms with Crippen molar-refractivity contribution in [1.29, 1.82) is 0 Å². The lowest BCUT2D eigenvalue weighted by molar-refractivity contribution is -0.297. The van der Waals surface area contributed by atoms with Crippen molar-refractivity contribution < 1.29 is 24.0 Å². The summed E-state index contributed by atoms with van der Waals surface area (Å²) < 4.78 is 13.5. The average Bonchev–Trinajstić information content (AvgIpc) is 3.69. The second-order valence-electron chi connectivity index (χ2n) is 11.8. The largest absolute Gasteiger partial charge is 0.468 e. The number of imidazole rings is 1. The Morgan fingerprint density at radius 1 is 0.560 bits per heavy atom. The topological polar surface area (TPSA) is 71.8 Å². The predicted molar refractivity (Wildman–Crippen MR) is 196 cm³/mol. The highest BCUT2D eigenvalue weighted by atomic mass is 17.2. The predicted octanol–water partition coefficient (Wildman–Crippen LogP) is 9.69. The van der Waals surface area contributed by atoms with Crippen LogP contribution < -0.4 is 4.74 Å². The fraction of sp³-hybridized carbons (Fsp3) is 0.116. The first-order valence-electron chi connectivity index (χ1n) is 16.7. The van der Waals surface area contributed by atoms with Crippen LogP contribution >= 0.6 is 0 Å². The summed E-state index contributed by atoms with van der Waals surface area (Å²) in [5, 5.41) is 0. The standard InChI is InChI=1S/C43H34N2O5/c1-2-49-50-26-25-47-28-48-33-22-14-21-32(27-33)39-36(29-15-6-3-7-16-29)37(30-17-8-4-9-18-30)40-41(38(39)31-19-10-5-11-20-31)43(46)45-35-24-13-12-23-34(35)44-42(40)45/h3-24,27H,2,25-26,28H2,1H3. The van der Waals surface area contributed by atoms with Gasteiger partial charge in [0.2, 0.25) is 0 Å². The molecule has 0 radical (unpaired) electrons. The number of hydrogen-bond acceptors (Lipinski definition) is 6. The summed E-state index contributed by atoms with van der Waals surface area (Å²) in [4.78, 5) is 30.1. The van der Waals surface area contributed by atoms with Crippen molar-refractivity contribution in [1.82, 2.24) is 9.55 Å². The molecule has 0 unspecified atom stereocenters. The molecule has 7 nitrogen and oxygen atoms in total. The number of hydrogen-bond donors (Lipinski definition) is 0. The van der Waals surface area contributed by atoms with E-state index in [0.717, 1.165) is 61.1 Å². The second kappa shape index (κ2) is 13.9. The van der Waals surface area contributed by atoms with E-state index in [4.69, 9.17) is 24.2 Å². The van der Waals surface area contributed by atoms with E-state index < -0.39 is 0 Å². The van der Waals surface area contributed by atoms with Crippen LogP contribution in [0.4, 0.5) is 0 Å². The van der Waals surface area contributed by atoms with Crippen molar-refractivity contribution >= 4 is 16.9 Å². The first-order chi connectivity index (χ1) is 24.7. The number of aromatic nitrogens is 2. The lowest BCUT2D eigenvalue weighted by Gasteiger charge is -2.24. The first-order valence-corrected chi connectivity index (χ1v) is 16.7. The number of rotatable bonds is 12. The Labute approximate surface area is 290 Å². The van der Waals surface area contributed by atoms with Gasteiger partial charge in [0.1, 0.15) is 18.2 Å². The maximum atomic E-state index is 15.0. The Balaban J connectivity index is 1.42. The van der Waals surface area contributed by atoms with Gasteiger partial charge in [-0.1, -0.05) is 115 Å². The molecule has 0 fully saturated rings. The Hall–Kier alpha value is -5.86. The third kappa shape index (κ3) is 5.67. The van der Waals surface area contributed by atoms with E-state index in [9.17, 15) is 4.79 Å². The molecule has 0 bridgehead atoms. The highest BCUT2D eigenvalue weighted by Gasteiger charge is 2.39. The minimum Gasteiger partial charge on any atom is -0.468 e. The van der Waals surface area contributed by atoms with Gasteiger partial charge in [-0.2, -0.15) is 0 Å². The molecular formula is C43H34N2O5. The van der Waals surface area contributed by atoms with Crippen LogP contribution in [0.5, 0.6) is 5.75 Å². The number of fused-ring (bicyclic) bond motifs is 5. The molecule has 1 aliphatic rings. The molecule has 7 heteroatoms. The molecule has 0 spiro atoms. The highest BCUT2D eigenvalue weighted by molar-refractivity contribution is 6.24. The number of carbonyl (C=O) groups is 1. The quantitative estimate of drug-likeness (QED) is 0.0563. The third-order valence-electron chi connectivity index (χ3n) is 8.83. The number of carbonyl (C=O) groups excluding carboxylic acids is 1. The van der Waals surface area contributed by atoms with E-state index in [-0.39, 0.29) is 12.7 Å². The van der Waals surface area contributed by atoms with Crippen molar-refractivity contribution in [2.24, 2.45) is 0 Å². The van der Waals surface area contributed by atoms with E-state index in [2.05, 4.69) is 54.6 Å². The van der Waals surface area contributed by atoms with E-state index in [1.165, 1.54) is 0 Å². The fourth-order valence-corrected chi connectivity index (χ4v) is 6.81. The number of ether oxygens (including phenoxy) is 2. The minimum atomic E-state index is -0.101. The zero-order chi connectivity index (χ0) is 33.9. The van der Waals surface area contributed by atoms with Gasteiger partial charge in [-0.15, -0.1) is 0 Å². The van der Waals surface area contributed by atoms with Gasteiger partial charge < -0.3 is 9.47 Å². The summed E-state index contributed by atoms with van der Waals surface area (Å²) in [6, 6.07) is 46.6. The van der Waals surface area contributed by atoms with Gasteiger partial charge in [0.15, 0.2) is 6.79 Å². The molecule has 0 atom stereocenters. The van der Waals surface area contributed by atoms with Gasteiger partial charge in [0, 0.05) is 16.7 Å². The van der Waals surface area contributed by atoms with E-state index in [1.807, 2.05) is 91.9 Å². The highest BCUT2D eigenvalue weighted by Crippen LogP contribution is 2.55. The lowest BCUT2D eigenvalue weighted by Crippen LogP contribution is -2.10. The van der Waals surface area contributed by atoms with Crippen molar-refractivity contribution in [2.45, 2.75) is 6.92 Å². The summed E-state index contributed by atoms with van der Waals surface area (Å²) in [6.07, 6.45) is 0. The van der Waals surface area contributed by atoms with Gasteiger partial charge in [0.25, 0.3) is 5.91 Å². The van der Waals surface area contributed by atoms with Crippen molar-refractivity contribution in [2.75, 3.05) is 26.6 Å². The minimum absolute atomic E-state index is 0.0438. The number of benzene rings is 6. The first kappa shape index (κ1) is 31.4. The monoisotopic (exact) mass is 658 g/mol. The van der Waals surface area contributed by atoms with Crippen LogP contribution in [0.15, 0.2) is 140 Å². The number of para-hydroxylation sites is 2. The van der Waals surface area contributed by atoms with Crippen LogP contribution in [-0.4, -0.2) is 42.1 Å². The Bertz CT molecular complexity index is 2300. The molecule has 0 saturated carbocycles. The smallest absolute Gasteiger partial charge is 0.265 e. The summed E-state index contributed by atoms with van der Waals surface area (Å²) >= 11 is 0. The average molecular weight is 659 g/mol. The van der Waals surface area contributed by atoms with Crippen molar-refractivity contribution in [3.05, 3.63) is 145 Å². The maximum Gasteiger partial charge on any atom is 0.265 e. The molecule has 0 amide bonds. The fourth-order valence-electron chi connectivity index (χ4n) is 6.81. The molecule has 50 heavy (non-hydrogen) atoms. The molecule has 2 heterocycles. The van der Waals surface area contributed by atoms with Gasteiger partial charge in [-0.25, -0.2) is 14.8 Å². The zero-order valence-electron chi connectivity index (χ0n) is 27.5. The summed E-state index contributed by atoms with van der Waals surface area (Å²) in [7, 11) is 0. The van der Waals surface area contributed by atoms with E-state index in [0.29, 0.717) is 37.0 Å². The molecule has 7 aromatic rings. The molecule has 1 aliphatic heterocycles. The molecule has 246 valence electrons. The van der Waals surface area contributed by atoms with Gasteiger partial charge >= 0.3 is 0 Å². The third-order valence-corrected chi connectivity index (χ3v) is 8.83. The van der Waals surface area contributed by atoms with Crippen LogP contribution in [-0.2, 0) is 14.5 Å². The van der Waals surface area contributed by atoms with Crippen LogP contribution in [0.25, 0.3) is 66.9 Å². The van der Waals surface area contributed by atoms with Gasteiger partial charge in [0.05, 0.1) is 29.8 Å². The van der Waals surface area contributed by atoms with Crippen LogP contribution in [0.1, 0.15) is 17.3 Å². The van der Waals surface area contributed by atoms with Gasteiger partial charge in [-0.3, -0.25) is 9.36 Å². The summed E-state index contributed by atoms with van der Waals surface area (Å²) in [5.74, 6) is 1.18. The Morgan fingerprint density at radius 3 is 1.78 bits per heavy atom. The second-order valence-corrected chi connectivity index (χ2v) is 11.8. The van der Waals surface area contributed by atoms with Crippen molar-refractivity contribution in [3.8, 4) is 61.6 Å². The molecular weight excluding hydrogens is 624 g/mol. The maximum absolute atomic E-state index is 15.0. The van der Waals surface area contributed by atoms with E-state index in [1.54, 1.807) is 4.57 Å². The molecule has 0 aliphatic carbocycles. The Morgan fingerprint density at radius 2 is 1.12 bits per heavy atom.